The van der Waals surface area contributed by atoms with Gasteiger partial charge in [0, 0.05) is 15.7 Å². The number of hydrogen-bond acceptors (Lipinski definition) is 3. The number of hydrogen-bond donors (Lipinski definition) is 3. The van der Waals surface area contributed by atoms with Crippen LogP contribution in [0.25, 0.3) is 0 Å². The Hall–Kier alpha value is -1.47. The Kier molecular flexibility index (Phi) is 5.30. The molecule has 4 nitrogen and oxygen atoms in total. The minimum absolute atomic E-state index is 0.136. The predicted octanol–water partition coefficient (Wildman–Crippen LogP) is 4.02. The molecule has 2 aromatic rings. The number of amides is 1. The molecule has 6 heteroatoms. The van der Waals surface area contributed by atoms with E-state index in [1.807, 2.05) is 25.1 Å². The van der Waals surface area contributed by atoms with Gasteiger partial charge in [0.15, 0.2) is 0 Å². The topological polar surface area (TPSA) is 67.2 Å². The van der Waals surface area contributed by atoms with Gasteiger partial charge in [-0.2, -0.15) is 0 Å². The molecule has 0 spiro atoms. The molecule has 0 saturated carbocycles. The maximum atomic E-state index is 11.7. The zero-order valence-corrected chi connectivity index (χ0v) is 14.3. The normalized spacial score (nSPS) is 10.2. The second-order valence-electron chi connectivity index (χ2n) is 4.41. The summed E-state index contributed by atoms with van der Waals surface area (Å²) in [7, 11) is 0. The van der Waals surface area contributed by atoms with Crippen LogP contribution in [0.15, 0.2) is 36.4 Å². The van der Waals surface area contributed by atoms with Crippen molar-refractivity contribution >= 4 is 57.2 Å². The summed E-state index contributed by atoms with van der Waals surface area (Å²) in [4.78, 5) is 11.7. The fourth-order valence-corrected chi connectivity index (χ4v) is 2.72. The molecule has 2 aromatic carbocycles. The van der Waals surface area contributed by atoms with E-state index >= 15 is 0 Å². The number of carbonyl (C=O) groups excluding carboxylic acids is 1. The van der Waals surface area contributed by atoms with Gasteiger partial charge in [0.05, 0.1) is 22.1 Å². The third-order valence-electron chi connectivity index (χ3n) is 2.85. The highest BCUT2D eigenvalue weighted by Gasteiger charge is 2.08. The molecule has 1 amide bonds. The lowest BCUT2D eigenvalue weighted by Gasteiger charge is -2.12. The van der Waals surface area contributed by atoms with Crippen LogP contribution in [0.5, 0.6) is 0 Å². The molecule has 0 aliphatic rings. The van der Waals surface area contributed by atoms with Crippen molar-refractivity contribution in [1.29, 1.82) is 0 Å². The average molecular weight is 416 g/mol. The number of rotatable bonds is 4. The van der Waals surface area contributed by atoms with Gasteiger partial charge in [0.2, 0.25) is 0 Å². The second kappa shape index (κ2) is 7.00. The van der Waals surface area contributed by atoms with E-state index in [4.69, 9.17) is 17.3 Å². The summed E-state index contributed by atoms with van der Waals surface area (Å²) >= 11 is 8.38. The molecular weight excluding hydrogens is 401 g/mol. The van der Waals surface area contributed by atoms with E-state index in [0.717, 1.165) is 9.26 Å². The summed E-state index contributed by atoms with van der Waals surface area (Å²) < 4.78 is 1.06. The van der Waals surface area contributed by atoms with Gasteiger partial charge in [-0.05, 0) is 65.9 Å². The van der Waals surface area contributed by atoms with Gasteiger partial charge < -0.3 is 16.4 Å². The van der Waals surface area contributed by atoms with E-state index in [2.05, 4.69) is 33.2 Å². The molecule has 4 N–H and O–H groups in total. The lowest BCUT2D eigenvalue weighted by atomic mass is 10.1. The summed E-state index contributed by atoms with van der Waals surface area (Å²) in [6.45, 7) is 2.45. The molecule has 2 rings (SSSR count). The Balaban J connectivity index is 2.23. The zero-order valence-electron chi connectivity index (χ0n) is 11.4. The van der Waals surface area contributed by atoms with Crippen molar-refractivity contribution in [2.24, 2.45) is 0 Å². The van der Waals surface area contributed by atoms with E-state index in [1.54, 1.807) is 18.2 Å². The summed E-state index contributed by atoms with van der Waals surface area (Å²) in [5.41, 5.74) is 8.51. The van der Waals surface area contributed by atoms with Crippen LogP contribution in [0.1, 0.15) is 17.3 Å². The molecule has 0 radical (unpaired) electrons. The van der Waals surface area contributed by atoms with Crippen molar-refractivity contribution in [3.63, 3.8) is 0 Å². The monoisotopic (exact) mass is 415 g/mol. The number of anilines is 3. The van der Waals surface area contributed by atoms with Crippen LogP contribution in [-0.4, -0.2) is 12.5 Å². The Bertz CT molecular complexity index is 676. The van der Waals surface area contributed by atoms with Crippen molar-refractivity contribution in [2.75, 3.05) is 17.6 Å². The third kappa shape index (κ3) is 4.01. The Morgan fingerprint density at radius 2 is 1.95 bits per heavy atom. The Morgan fingerprint density at radius 3 is 2.57 bits per heavy atom. The van der Waals surface area contributed by atoms with Gasteiger partial charge >= 0.3 is 0 Å². The number of nitrogens with two attached hydrogens (primary N) is 1. The van der Waals surface area contributed by atoms with Gasteiger partial charge in [-0.25, -0.2) is 0 Å². The van der Waals surface area contributed by atoms with Crippen LogP contribution in [0.4, 0.5) is 17.1 Å². The van der Waals surface area contributed by atoms with Crippen LogP contribution in [0, 0.1) is 3.57 Å². The van der Waals surface area contributed by atoms with Gasteiger partial charge in [0.1, 0.15) is 0 Å². The first kappa shape index (κ1) is 15.9. The largest absolute Gasteiger partial charge is 0.397 e. The molecule has 21 heavy (non-hydrogen) atoms. The highest BCUT2D eigenvalue weighted by atomic mass is 127. The summed E-state index contributed by atoms with van der Waals surface area (Å²) in [6, 6.07) is 10.9. The van der Waals surface area contributed by atoms with Crippen LogP contribution in [-0.2, 0) is 0 Å². The maximum Gasteiger partial charge on any atom is 0.251 e. The average Bonchev–Trinajstić information content (AvgIpc) is 2.44. The number of carbonyl (C=O) groups is 1. The summed E-state index contributed by atoms with van der Waals surface area (Å²) in [5, 5.41) is 6.53. The molecule has 0 aliphatic carbocycles. The first-order valence-corrected chi connectivity index (χ1v) is 7.86. The Labute approximate surface area is 142 Å². The van der Waals surface area contributed by atoms with E-state index in [9.17, 15) is 4.79 Å². The fourth-order valence-electron chi connectivity index (χ4n) is 1.82. The van der Waals surface area contributed by atoms with Crippen molar-refractivity contribution < 1.29 is 4.79 Å². The first-order chi connectivity index (χ1) is 10.0. The third-order valence-corrected chi connectivity index (χ3v) is 3.84. The maximum absolute atomic E-state index is 11.7. The minimum atomic E-state index is -0.136. The van der Waals surface area contributed by atoms with Crippen LogP contribution in [0.3, 0.4) is 0 Å². The van der Waals surface area contributed by atoms with Gasteiger partial charge in [-0.1, -0.05) is 11.6 Å². The smallest absolute Gasteiger partial charge is 0.251 e. The van der Waals surface area contributed by atoms with E-state index < -0.39 is 0 Å². The lowest BCUT2D eigenvalue weighted by Crippen LogP contribution is -2.22. The molecular formula is C15H15ClIN3O. The van der Waals surface area contributed by atoms with Gasteiger partial charge in [-0.3, -0.25) is 4.79 Å². The number of halogens is 2. The number of nitrogen functional groups attached to an aromatic ring is 1. The lowest BCUT2D eigenvalue weighted by molar-refractivity contribution is 0.0956. The van der Waals surface area contributed by atoms with Gasteiger partial charge in [0.25, 0.3) is 5.91 Å². The molecule has 0 aliphatic heterocycles. The molecule has 0 atom stereocenters. The Morgan fingerprint density at radius 1 is 1.24 bits per heavy atom. The molecule has 0 unspecified atom stereocenters. The fraction of sp³-hybridized carbons (Fsp3) is 0.133. The zero-order chi connectivity index (χ0) is 15.4. The molecule has 0 heterocycles. The standard InChI is InChI=1S/C15H15ClIN3O/c1-2-19-15(21)9-3-5-14(12(18)7-9)20-13-6-4-10(17)8-11(13)16/h3-8,20H,2,18H2,1H3,(H,19,21). The molecule has 110 valence electrons. The van der Waals surface area contributed by atoms with E-state index in [-0.39, 0.29) is 5.91 Å². The second-order valence-corrected chi connectivity index (χ2v) is 6.06. The van der Waals surface area contributed by atoms with Crippen molar-refractivity contribution in [3.05, 3.63) is 50.6 Å². The van der Waals surface area contributed by atoms with Crippen molar-refractivity contribution in [3.8, 4) is 0 Å². The molecule has 0 bridgehead atoms. The van der Waals surface area contributed by atoms with Crippen LogP contribution >= 0.6 is 34.2 Å². The van der Waals surface area contributed by atoms with Crippen LogP contribution in [0.2, 0.25) is 5.02 Å². The van der Waals surface area contributed by atoms with Crippen molar-refractivity contribution in [2.45, 2.75) is 6.92 Å². The molecule has 0 aromatic heterocycles. The van der Waals surface area contributed by atoms with E-state index in [1.165, 1.54) is 0 Å². The highest BCUT2D eigenvalue weighted by molar-refractivity contribution is 14.1. The molecule has 0 saturated heterocycles. The summed E-state index contributed by atoms with van der Waals surface area (Å²) in [6.07, 6.45) is 0. The van der Waals surface area contributed by atoms with E-state index in [0.29, 0.717) is 28.5 Å². The molecule has 0 fully saturated rings. The SMILES string of the molecule is CCNC(=O)c1ccc(Nc2ccc(I)cc2Cl)c(N)c1. The quantitative estimate of drug-likeness (QED) is 0.522. The summed E-state index contributed by atoms with van der Waals surface area (Å²) in [5.74, 6) is -0.136. The predicted molar refractivity (Wildman–Crippen MR) is 96.3 cm³/mol. The van der Waals surface area contributed by atoms with Crippen molar-refractivity contribution in [1.82, 2.24) is 5.32 Å². The van der Waals surface area contributed by atoms with Gasteiger partial charge in [-0.15, -0.1) is 0 Å². The first-order valence-electron chi connectivity index (χ1n) is 6.41. The number of nitrogens with one attached hydrogen (secondary N) is 2. The highest BCUT2D eigenvalue weighted by Crippen LogP contribution is 2.30. The van der Waals surface area contributed by atoms with Crippen LogP contribution < -0.4 is 16.4 Å². The number of benzene rings is 2. The minimum Gasteiger partial charge on any atom is -0.397 e.